The van der Waals surface area contributed by atoms with Gasteiger partial charge in [-0.3, -0.25) is 28.6 Å². The van der Waals surface area contributed by atoms with Crippen LogP contribution in [0, 0.1) is 0 Å². The summed E-state index contributed by atoms with van der Waals surface area (Å²) in [5.41, 5.74) is 10.6. The molecule has 23 heteroatoms. The van der Waals surface area contributed by atoms with Gasteiger partial charge in [-0.2, -0.15) is 10.2 Å². The first kappa shape index (κ1) is 58.0. The quantitative estimate of drug-likeness (QED) is 0.0816. The topological polar surface area (TPSA) is 258 Å². The maximum absolute atomic E-state index is 13.4. The number of nitrogens with one attached hydrogen (secondary N) is 3. The fourth-order valence-corrected chi connectivity index (χ4v) is 10.1. The van der Waals surface area contributed by atoms with Gasteiger partial charge in [-0.1, -0.05) is 34.7 Å². The number of carbonyl (C=O) groups excluding carboxylic acids is 3. The lowest BCUT2D eigenvalue weighted by molar-refractivity contribution is -0.140. The van der Waals surface area contributed by atoms with Crippen LogP contribution in [0.1, 0.15) is 136 Å². The number of ketones is 3. The van der Waals surface area contributed by atoms with Crippen molar-refractivity contribution in [1.29, 1.82) is 0 Å². The van der Waals surface area contributed by atoms with E-state index in [0.29, 0.717) is 55.4 Å². The number of anilines is 4. The van der Waals surface area contributed by atoms with Crippen LogP contribution < -0.4 is 16.0 Å². The fourth-order valence-electron chi connectivity index (χ4n) is 10.1. The van der Waals surface area contributed by atoms with Gasteiger partial charge in [0.25, 0.3) is 0 Å². The van der Waals surface area contributed by atoms with Gasteiger partial charge in [0.2, 0.25) is 11.9 Å². The Kier molecular flexibility index (Phi) is 17.8. The molecule has 434 valence electrons. The molecule has 2 unspecified atom stereocenters. The average Bonchev–Trinajstić information content (AvgIpc) is 4.42. The van der Waals surface area contributed by atoms with Crippen LogP contribution in [0.25, 0.3) is 22.5 Å². The summed E-state index contributed by atoms with van der Waals surface area (Å²) in [5.74, 6) is 1.51. The summed E-state index contributed by atoms with van der Waals surface area (Å²) in [7, 11) is 0. The van der Waals surface area contributed by atoms with Crippen molar-refractivity contribution in [2.24, 2.45) is 0 Å². The summed E-state index contributed by atoms with van der Waals surface area (Å²) in [4.78, 5) is 57.0. The van der Waals surface area contributed by atoms with E-state index in [1.807, 2.05) is 89.3 Å². The summed E-state index contributed by atoms with van der Waals surface area (Å²) in [6.07, 6.45) is 17.0. The van der Waals surface area contributed by atoms with Crippen LogP contribution in [-0.4, -0.2) is 137 Å². The molecule has 4 aliphatic rings. The predicted octanol–water partition coefficient (Wildman–Crippen LogP) is 8.30. The van der Waals surface area contributed by atoms with Gasteiger partial charge in [0.15, 0.2) is 17.3 Å². The molecule has 23 nitrogen and oxygen atoms in total. The van der Waals surface area contributed by atoms with E-state index in [4.69, 9.17) is 14.7 Å². The number of ether oxygens (including phenoxy) is 2. The maximum atomic E-state index is 13.4. The minimum absolute atomic E-state index is 0.0235. The van der Waals surface area contributed by atoms with Gasteiger partial charge >= 0.3 is 0 Å². The van der Waals surface area contributed by atoms with Crippen LogP contribution in [0.2, 0.25) is 0 Å². The smallest absolute Gasteiger partial charge is 0.227 e. The van der Waals surface area contributed by atoms with Crippen molar-refractivity contribution in [3.63, 3.8) is 0 Å². The van der Waals surface area contributed by atoms with E-state index in [1.165, 1.54) is 22.3 Å². The number of Topliss-reactive ketones (excluding diaryl/α,β-unsaturated/α-hetero) is 3. The van der Waals surface area contributed by atoms with E-state index in [9.17, 15) is 14.4 Å². The summed E-state index contributed by atoms with van der Waals surface area (Å²) < 4.78 is 17.2. The number of hydrogen-bond acceptors (Lipinski definition) is 19. The van der Waals surface area contributed by atoms with Crippen LogP contribution in [0.4, 0.5) is 23.3 Å². The van der Waals surface area contributed by atoms with E-state index in [1.54, 1.807) is 46.5 Å². The second-order valence-corrected chi connectivity index (χ2v) is 23.3. The zero-order chi connectivity index (χ0) is 58.3. The maximum Gasteiger partial charge on any atom is 0.227 e. The third kappa shape index (κ3) is 14.5. The molecule has 0 bridgehead atoms. The molecule has 2 saturated heterocycles. The number of aryl methyl sites for hydroxylation is 2. The Morgan fingerprint density at radius 3 is 1.61 bits per heavy atom. The Balaban J connectivity index is 0.000000172. The van der Waals surface area contributed by atoms with Crippen LogP contribution in [0.15, 0.2) is 98.1 Å². The SMILES string of the molecule is CCn1cc(Nc2nccc(-c3ccc4c(c3)CN(C3COC3)CCC4CC(=O)c3cn(C(C)(C)C)nn3)n2)cn1.CCn1cc(Nc2nccc(-c3ccc4c(c3)CNCCC4CC(=O)c3cn(C(C)(C)C)nn3)n2)cn1.O=C1COC1. The minimum atomic E-state index is -0.226. The highest BCUT2D eigenvalue weighted by Crippen LogP contribution is 2.37. The lowest BCUT2D eigenvalue weighted by atomic mass is 9.87. The van der Waals surface area contributed by atoms with Crippen molar-refractivity contribution in [2.45, 2.75) is 136 Å². The molecule has 2 fully saturated rings. The van der Waals surface area contributed by atoms with E-state index >= 15 is 0 Å². The molecule has 8 aromatic rings. The van der Waals surface area contributed by atoms with Gasteiger partial charge in [-0.15, -0.1) is 10.2 Å². The van der Waals surface area contributed by atoms with Crippen LogP contribution in [-0.2, 0) is 51.5 Å². The zero-order valence-corrected chi connectivity index (χ0v) is 48.6. The molecule has 12 rings (SSSR count). The molecule has 2 aromatic carbocycles. The van der Waals surface area contributed by atoms with E-state index < -0.39 is 0 Å². The standard InChI is InChI=1S/C30H37N9O2.C27H33N9O.C3H4O2/c1-5-38-16-23(14-32-38)33-29-31-10-8-26(34-29)21-6-7-25-20(9-11-37(15-22(25)12-21)24-18-41-19-24)13-28(40)27-17-39(36-35-27)30(2,3)4;1-5-35-16-21(15-30-35)31-26-29-11-9-23(32-26)19-6-7-22-18(8-10-28-14-20(22)12-19)13-25(37)24-17-36(34-33-24)27(2,3)4;4-3-1-5-2-3/h6-8,10,12,14,16-17,20,24H,5,9,11,13,15,18-19H2,1-4H3,(H,31,33,34);6-7,9,11-12,15-18,28H,5,8,10,13-14H2,1-4H3,(H,29,31,32);1-2H2. The molecule has 4 aliphatic heterocycles. The molecular weight excluding hydrogens is 1050 g/mol. The van der Waals surface area contributed by atoms with E-state index in [0.717, 1.165) is 99.2 Å². The normalized spacial score (nSPS) is 17.2. The second kappa shape index (κ2) is 25.5. The summed E-state index contributed by atoms with van der Waals surface area (Å²) in [6.45, 7) is 23.5. The van der Waals surface area contributed by atoms with Crippen LogP contribution in [0.3, 0.4) is 0 Å². The third-order valence-corrected chi connectivity index (χ3v) is 15.1. The lowest BCUT2D eigenvalue weighted by Gasteiger charge is -2.36. The van der Waals surface area contributed by atoms with Crippen LogP contribution >= 0.6 is 0 Å². The number of benzene rings is 2. The molecular formula is C60H74N18O5. The molecule has 0 amide bonds. The van der Waals surface area contributed by atoms with Crippen molar-refractivity contribution in [3.8, 4) is 22.5 Å². The number of carbonyl (C=O) groups is 3. The number of rotatable bonds is 15. The second-order valence-electron chi connectivity index (χ2n) is 23.3. The van der Waals surface area contributed by atoms with Crippen molar-refractivity contribution in [2.75, 3.05) is 50.2 Å². The molecule has 10 heterocycles. The number of fused-ring (bicyclic) bond motifs is 2. The molecule has 6 aromatic heterocycles. The Morgan fingerprint density at radius 1 is 0.663 bits per heavy atom. The highest BCUT2D eigenvalue weighted by molar-refractivity contribution is 5.95. The zero-order valence-electron chi connectivity index (χ0n) is 48.6. The third-order valence-electron chi connectivity index (χ3n) is 15.1. The molecule has 2 atom stereocenters. The fraction of sp³-hybridized carbons (Fsp3) is 0.450. The van der Waals surface area contributed by atoms with E-state index in [2.05, 4.69) is 103 Å². The largest absolute Gasteiger partial charge is 0.378 e. The van der Waals surface area contributed by atoms with Gasteiger partial charge < -0.3 is 25.4 Å². The summed E-state index contributed by atoms with van der Waals surface area (Å²) >= 11 is 0. The van der Waals surface area contributed by atoms with Crippen molar-refractivity contribution in [3.05, 3.63) is 132 Å². The van der Waals surface area contributed by atoms with Gasteiger partial charge in [0.1, 0.15) is 24.6 Å². The summed E-state index contributed by atoms with van der Waals surface area (Å²) in [5, 5.41) is 35.3. The van der Waals surface area contributed by atoms with Gasteiger partial charge in [0, 0.05) is 74.9 Å². The molecule has 0 spiro atoms. The highest BCUT2D eigenvalue weighted by atomic mass is 16.5. The summed E-state index contributed by atoms with van der Waals surface area (Å²) in [6, 6.07) is 17.1. The van der Waals surface area contributed by atoms with Gasteiger partial charge in [-0.25, -0.2) is 29.3 Å². The Bertz CT molecular complexity index is 3540. The first-order valence-electron chi connectivity index (χ1n) is 28.5. The van der Waals surface area contributed by atoms with E-state index in [-0.39, 0.29) is 40.3 Å². The number of hydrogen-bond donors (Lipinski definition) is 3. The van der Waals surface area contributed by atoms with Crippen molar-refractivity contribution >= 4 is 40.6 Å². The molecule has 0 aliphatic carbocycles. The Labute approximate surface area is 483 Å². The Morgan fingerprint density at radius 2 is 1.17 bits per heavy atom. The molecule has 0 radical (unpaired) electrons. The monoisotopic (exact) mass is 1130 g/mol. The van der Waals surface area contributed by atoms with Crippen LogP contribution in [0.5, 0.6) is 0 Å². The number of aromatic nitrogens is 14. The number of nitrogens with zero attached hydrogens (tertiary/aromatic N) is 15. The van der Waals surface area contributed by atoms with Crippen molar-refractivity contribution in [1.82, 2.24) is 79.7 Å². The van der Waals surface area contributed by atoms with Gasteiger partial charge in [-0.05, 0) is 140 Å². The Hall–Kier alpha value is -8.25. The average molecular weight is 1130 g/mol. The molecule has 3 N–H and O–H groups in total. The predicted molar refractivity (Wildman–Crippen MR) is 313 cm³/mol. The highest BCUT2D eigenvalue weighted by Gasteiger charge is 2.33. The molecule has 83 heavy (non-hydrogen) atoms. The first-order valence-corrected chi connectivity index (χ1v) is 28.5. The lowest BCUT2D eigenvalue weighted by Crippen LogP contribution is -2.48. The first-order chi connectivity index (χ1) is 40.0. The van der Waals surface area contributed by atoms with Gasteiger partial charge in [0.05, 0.1) is 77.9 Å². The minimum Gasteiger partial charge on any atom is -0.378 e. The van der Waals surface area contributed by atoms with Crippen molar-refractivity contribution < 1.29 is 23.9 Å². The molecule has 0 saturated carbocycles.